The first-order chi connectivity index (χ1) is 20.4. The van der Waals surface area contributed by atoms with Crippen molar-refractivity contribution in [2.24, 2.45) is 11.8 Å². The number of nitrogens with one attached hydrogen (secondary N) is 4. The van der Waals surface area contributed by atoms with Crippen molar-refractivity contribution in [2.75, 3.05) is 21.3 Å². The molecular formula is C34H32N4O4. The number of rotatable bonds is 8. The molecule has 1 fully saturated rings. The molecule has 1 aliphatic rings. The third kappa shape index (κ3) is 7.48. The van der Waals surface area contributed by atoms with Crippen LogP contribution in [0.5, 0.6) is 0 Å². The Kier molecular flexibility index (Phi) is 9.03. The topological polar surface area (TPSA) is 116 Å². The number of carbonyl (C=O) groups is 4. The van der Waals surface area contributed by atoms with Crippen molar-refractivity contribution in [1.82, 2.24) is 0 Å². The van der Waals surface area contributed by atoms with Crippen LogP contribution in [0.4, 0.5) is 22.7 Å². The van der Waals surface area contributed by atoms with E-state index >= 15 is 0 Å². The first-order valence-corrected chi connectivity index (χ1v) is 14.0. The molecule has 0 bridgehead atoms. The molecule has 0 aromatic heterocycles. The number of benzene rings is 4. The fourth-order valence-corrected chi connectivity index (χ4v) is 5.04. The molecule has 8 nitrogen and oxygen atoms in total. The van der Waals surface area contributed by atoms with Gasteiger partial charge in [0.05, 0.1) is 0 Å². The van der Waals surface area contributed by atoms with E-state index in [4.69, 9.17) is 0 Å². The molecule has 4 aromatic carbocycles. The predicted octanol–water partition coefficient (Wildman–Crippen LogP) is 6.57. The molecule has 0 saturated heterocycles. The van der Waals surface area contributed by atoms with E-state index in [9.17, 15) is 19.2 Å². The summed E-state index contributed by atoms with van der Waals surface area (Å²) >= 11 is 0. The summed E-state index contributed by atoms with van der Waals surface area (Å²) in [5.41, 5.74) is 3.48. The van der Waals surface area contributed by atoms with Crippen LogP contribution in [-0.4, -0.2) is 23.6 Å². The minimum atomic E-state index is -0.223. The van der Waals surface area contributed by atoms with Gasteiger partial charge in [0.2, 0.25) is 11.8 Å². The molecule has 0 heterocycles. The second-order valence-corrected chi connectivity index (χ2v) is 10.3. The summed E-state index contributed by atoms with van der Waals surface area (Å²) in [7, 11) is 0. The first-order valence-electron chi connectivity index (χ1n) is 14.0. The van der Waals surface area contributed by atoms with Gasteiger partial charge >= 0.3 is 0 Å². The van der Waals surface area contributed by atoms with Crippen molar-refractivity contribution in [2.45, 2.75) is 25.7 Å². The first kappa shape index (κ1) is 28.3. The van der Waals surface area contributed by atoms with E-state index < -0.39 is 0 Å². The maximum Gasteiger partial charge on any atom is 0.255 e. The molecule has 212 valence electrons. The Morgan fingerprint density at radius 1 is 0.429 bits per heavy atom. The molecule has 42 heavy (non-hydrogen) atoms. The molecule has 4 N–H and O–H groups in total. The largest absolute Gasteiger partial charge is 0.326 e. The Labute approximate surface area is 244 Å². The van der Waals surface area contributed by atoms with E-state index in [1.807, 2.05) is 12.1 Å². The van der Waals surface area contributed by atoms with Crippen molar-refractivity contribution in [3.05, 3.63) is 120 Å². The van der Waals surface area contributed by atoms with E-state index in [1.165, 1.54) is 0 Å². The molecule has 0 atom stereocenters. The summed E-state index contributed by atoms with van der Waals surface area (Å²) in [5.74, 6) is -1.04. The van der Waals surface area contributed by atoms with Crippen LogP contribution in [0.25, 0.3) is 0 Å². The molecule has 0 radical (unpaired) electrons. The average Bonchev–Trinajstić information content (AvgIpc) is 3.02. The van der Waals surface area contributed by atoms with Gasteiger partial charge in [-0.3, -0.25) is 19.2 Å². The van der Waals surface area contributed by atoms with Gasteiger partial charge in [0.1, 0.15) is 0 Å². The summed E-state index contributed by atoms with van der Waals surface area (Å²) in [6.45, 7) is 0. The highest BCUT2D eigenvalue weighted by molar-refractivity contribution is 6.05. The number of carbonyl (C=O) groups excluding carboxylic acids is 4. The Morgan fingerprint density at radius 2 is 0.762 bits per heavy atom. The summed E-state index contributed by atoms with van der Waals surface area (Å²) in [4.78, 5) is 50.9. The lowest BCUT2D eigenvalue weighted by molar-refractivity contribution is -0.125. The molecule has 4 aromatic rings. The van der Waals surface area contributed by atoms with E-state index in [1.54, 1.807) is 97.1 Å². The molecule has 5 rings (SSSR count). The van der Waals surface area contributed by atoms with E-state index in [2.05, 4.69) is 21.3 Å². The zero-order chi connectivity index (χ0) is 29.3. The quantitative estimate of drug-likeness (QED) is 0.195. The second-order valence-electron chi connectivity index (χ2n) is 10.3. The zero-order valence-electron chi connectivity index (χ0n) is 23.0. The highest BCUT2D eigenvalue weighted by atomic mass is 16.2. The van der Waals surface area contributed by atoms with Gasteiger partial charge in [-0.1, -0.05) is 48.5 Å². The highest BCUT2D eigenvalue weighted by Crippen LogP contribution is 2.31. The fraction of sp³-hybridized carbons (Fsp3) is 0.176. The third-order valence-corrected chi connectivity index (χ3v) is 7.32. The van der Waals surface area contributed by atoms with Crippen molar-refractivity contribution in [3.63, 3.8) is 0 Å². The molecule has 1 aliphatic carbocycles. The number of hydrogen-bond donors (Lipinski definition) is 4. The highest BCUT2D eigenvalue weighted by Gasteiger charge is 2.30. The molecule has 0 unspecified atom stereocenters. The van der Waals surface area contributed by atoms with Gasteiger partial charge in [-0.15, -0.1) is 0 Å². The Bertz CT molecular complexity index is 1450. The molecular weight excluding hydrogens is 528 g/mol. The van der Waals surface area contributed by atoms with Crippen LogP contribution in [-0.2, 0) is 9.59 Å². The zero-order valence-corrected chi connectivity index (χ0v) is 23.0. The average molecular weight is 561 g/mol. The van der Waals surface area contributed by atoms with Gasteiger partial charge in [-0.05, 0) is 86.3 Å². The summed E-state index contributed by atoms with van der Waals surface area (Å²) in [6.07, 6.45) is 2.39. The Balaban J connectivity index is 1.10. The molecule has 4 amide bonds. The maximum absolute atomic E-state index is 13.0. The standard InChI is InChI=1S/C34H32N4O4/c39-31(23-9-3-1-4-10-23)35-27-13-7-15-29(21-27)37-33(41)25-17-19-26(20-18-25)34(42)38-30-16-8-14-28(22-30)36-32(40)24-11-5-2-6-12-24/h1-16,21-22,25-26H,17-20H2,(H,35,39)(H,36,40)(H,37,41)(H,38,42). The molecule has 8 heteroatoms. The van der Waals surface area contributed by atoms with Crippen LogP contribution in [0.2, 0.25) is 0 Å². The van der Waals surface area contributed by atoms with Gasteiger partial charge < -0.3 is 21.3 Å². The minimum Gasteiger partial charge on any atom is -0.326 e. The monoisotopic (exact) mass is 560 g/mol. The van der Waals surface area contributed by atoms with Gasteiger partial charge in [0, 0.05) is 45.7 Å². The maximum atomic E-state index is 13.0. The van der Waals surface area contributed by atoms with Crippen molar-refractivity contribution in [3.8, 4) is 0 Å². The van der Waals surface area contributed by atoms with Gasteiger partial charge in [-0.25, -0.2) is 0 Å². The normalized spacial score (nSPS) is 16.1. The number of amides is 4. The lowest BCUT2D eigenvalue weighted by Gasteiger charge is -2.27. The van der Waals surface area contributed by atoms with Gasteiger partial charge in [0.15, 0.2) is 0 Å². The summed E-state index contributed by atoms with van der Waals surface area (Å²) in [5, 5.41) is 11.6. The molecule has 1 saturated carbocycles. The molecule has 0 aliphatic heterocycles. The van der Waals surface area contributed by atoms with Crippen LogP contribution >= 0.6 is 0 Å². The van der Waals surface area contributed by atoms with Crippen molar-refractivity contribution in [1.29, 1.82) is 0 Å². The van der Waals surface area contributed by atoms with E-state index in [0.717, 1.165) is 0 Å². The Morgan fingerprint density at radius 3 is 1.12 bits per heavy atom. The Hall–Kier alpha value is -5.24. The number of anilines is 4. The van der Waals surface area contributed by atoms with Crippen LogP contribution in [0.1, 0.15) is 46.4 Å². The van der Waals surface area contributed by atoms with E-state index in [0.29, 0.717) is 59.6 Å². The fourth-order valence-electron chi connectivity index (χ4n) is 5.04. The summed E-state index contributed by atoms with van der Waals surface area (Å²) in [6, 6.07) is 32.0. The predicted molar refractivity (Wildman–Crippen MR) is 164 cm³/mol. The van der Waals surface area contributed by atoms with Crippen molar-refractivity contribution < 1.29 is 19.2 Å². The van der Waals surface area contributed by atoms with Crippen molar-refractivity contribution >= 4 is 46.4 Å². The lowest BCUT2D eigenvalue weighted by Crippen LogP contribution is -2.32. The van der Waals surface area contributed by atoms with Crippen LogP contribution in [0.15, 0.2) is 109 Å². The second kappa shape index (κ2) is 13.4. The van der Waals surface area contributed by atoms with Gasteiger partial charge in [0.25, 0.3) is 11.8 Å². The lowest BCUT2D eigenvalue weighted by atomic mass is 9.81. The van der Waals surface area contributed by atoms with Gasteiger partial charge in [-0.2, -0.15) is 0 Å². The van der Waals surface area contributed by atoms with Crippen LogP contribution < -0.4 is 21.3 Å². The SMILES string of the molecule is O=C(Nc1cccc(NC(=O)C2CCC(C(=O)Nc3cccc(NC(=O)c4ccccc4)c3)CC2)c1)c1ccccc1. The van der Waals surface area contributed by atoms with Crippen LogP contribution in [0, 0.1) is 11.8 Å². The number of hydrogen-bond acceptors (Lipinski definition) is 4. The summed E-state index contributed by atoms with van der Waals surface area (Å²) < 4.78 is 0. The third-order valence-electron chi connectivity index (χ3n) is 7.32. The smallest absolute Gasteiger partial charge is 0.255 e. The minimum absolute atomic E-state index is 0.0951. The molecule has 0 spiro atoms. The van der Waals surface area contributed by atoms with Crippen LogP contribution in [0.3, 0.4) is 0 Å². The van der Waals surface area contributed by atoms with E-state index in [-0.39, 0.29) is 35.5 Å².